The van der Waals surface area contributed by atoms with Gasteiger partial charge in [-0.15, -0.1) is 0 Å². The molecule has 0 bridgehead atoms. The minimum Gasteiger partial charge on any atom is -0.338 e. The van der Waals surface area contributed by atoms with Gasteiger partial charge in [-0.25, -0.2) is 9.51 Å². The number of hydrogen-bond donors (Lipinski definition) is 0. The van der Waals surface area contributed by atoms with Gasteiger partial charge < -0.3 is 4.90 Å². The van der Waals surface area contributed by atoms with E-state index in [4.69, 9.17) is 0 Å². The Hall–Kier alpha value is -2.43. The zero-order valence-corrected chi connectivity index (χ0v) is 12.4. The summed E-state index contributed by atoms with van der Waals surface area (Å²) >= 11 is 0. The third-order valence-electron chi connectivity index (χ3n) is 4.34. The molecular formula is C17H18N4O. The molecule has 2 aliphatic rings. The Kier molecular flexibility index (Phi) is 3.25. The van der Waals surface area contributed by atoms with E-state index < -0.39 is 0 Å². The van der Waals surface area contributed by atoms with Crippen molar-refractivity contribution < 1.29 is 4.79 Å². The van der Waals surface area contributed by atoms with Crippen molar-refractivity contribution in [3.63, 3.8) is 0 Å². The van der Waals surface area contributed by atoms with E-state index in [0.717, 1.165) is 42.7 Å². The van der Waals surface area contributed by atoms with Gasteiger partial charge in [-0.05, 0) is 31.4 Å². The molecular weight excluding hydrogens is 276 g/mol. The van der Waals surface area contributed by atoms with Crippen LogP contribution in [-0.2, 0) is 4.79 Å². The maximum atomic E-state index is 12.5. The number of pyridine rings is 1. The highest BCUT2D eigenvalue weighted by Gasteiger charge is 2.24. The summed E-state index contributed by atoms with van der Waals surface area (Å²) in [7, 11) is 0. The first kappa shape index (κ1) is 13.2. The number of aliphatic imine (C=N–C) groups is 1. The van der Waals surface area contributed by atoms with Gasteiger partial charge in [0.05, 0.1) is 17.4 Å². The Morgan fingerprint density at radius 3 is 2.86 bits per heavy atom. The first-order valence-electron chi connectivity index (χ1n) is 7.83. The normalized spacial score (nSPS) is 18.5. The summed E-state index contributed by atoms with van der Waals surface area (Å²) in [6.45, 7) is 1.73. The number of carbonyl (C=O) groups is 1. The Balaban J connectivity index is 1.59. The molecule has 1 fully saturated rings. The van der Waals surface area contributed by atoms with Gasteiger partial charge in [0.25, 0.3) is 5.91 Å². The molecule has 0 atom stereocenters. The van der Waals surface area contributed by atoms with Gasteiger partial charge in [-0.3, -0.25) is 4.79 Å². The molecule has 112 valence electrons. The molecule has 22 heavy (non-hydrogen) atoms. The van der Waals surface area contributed by atoms with Crippen LogP contribution < -0.4 is 0 Å². The second-order valence-electron chi connectivity index (χ2n) is 5.79. The fourth-order valence-electron chi connectivity index (χ4n) is 3.15. The fourth-order valence-corrected chi connectivity index (χ4v) is 3.15. The lowest BCUT2D eigenvalue weighted by Crippen LogP contribution is -2.39. The van der Waals surface area contributed by atoms with Crippen molar-refractivity contribution in [1.82, 2.24) is 14.5 Å². The molecule has 0 aliphatic carbocycles. The molecule has 1 saturated heterocycles. The molecule has 0 saturated carbocycles. The summed E-state index contributed by atoms with van der Waals surface area (Å²) in [6.07, 6.45) is 9.82. The molecule has 0 spiro atoms. The van der Waals surface area contributed by atoms with Crippen molar-refractivity contribution in [2.24, 2.45) is 4.99 Å². The highest BCUT2D eigenvalue weighted by molar-refractivity contribution is 6.41. The van der Waals surface area contributed by atoms with Crippen LogP contribution in [0.1, 0.15) is 31.2 Å². The van der Waals surface area contributed by atoms with Crippen molar-refractivity contribution in [3.05, 3.63) is 42.2 Å². The lowest BCUT2D eigenvalue weighted by molar-refractivity contribution is -0.125. The fraction of sp³-hybridized carbons (Fsp3) is 0.353. The lowest BCUT2D eigenvalue weighted by Gasteiger charge is -2.26. The van der Waals surface area contributed by atoms with Gasteiger partial charge in [0.1, 0.15) is 5.71 Å². The summed E-state index contributed by atoms with van der Waals surface area (Å²) in [5.41, 5.74) is 3.53. The van der Waals surface area contributed by atoms with Gasteiger partial charge in [0, 0.05) is 31.3 Å². The van der Waals surface area contributed by atoms with E-state index in [1.54, 1.807) is 0 Å². The number of aromatic nitrogens is 2. The van der Waals surface area contributed by atoms with E-state index in [2.05, 4.69) is 10.1 Å². The van der Waals surface area contributed by atoms with Crippen LogP contribution >= 0.6 is 0 Å². The number of piperidine rings is 1. The maximum Gasteiger partial charge on any atom is 0.268 e. The number of nitrogens with zero attached hydrogens (tertiary/aromatic N) is 4. The molecule has 5 nitrogen and oxygen atoms in total. The first-order valence-corrected chi connectivity index (χ1v) is 7.83. The monoisotopic (exact) mass is 294 g/mol. The van der Waals surface area contributed by atoms with Gasteiger partial charge in [0.15, 0.2) is 0 Å². The van der Waals surface area contributed by atoms with E-state index in [1.807, 2.05) is 46.1 Å². The smallest absolute Gasteiger partial charge is 0.268 e. The van der Waals surface area contributed by atoms with Crippen LogP contribution in [0.5, 0.6) is 0 Å². The van der Waals surface area contributed by atoms with Crippen molar-refractivity contribution in [3.8, 4) is 0 Å². The molecule has 4 heterocycles. The Labute approximate surface area is 129 Å². The van der Waals surface area contributed by atoms with E-state index in [1.165, 1.54) is 6.42 Å². The number of amides is 1. The molecule has 5 heteroatoms. The molecule has 0 radical (unpaired) electrons. The SMILES string of the molecule is O=C(C1=NC(c2cnn3ccccc23)=CC1)N1CCCCC1. The zero-order valence-electron chi connectivity index (χ0n) is 12.4. The van der Waals surface area contributed by atoms with Crippen LogP contribution in [0.15, 0.2) is 41.7 Å². The Morgan fingerprint density at radius 1 is 1.14 bits per heavy atom. The number of likely N-dealkylation sites (tertiary alicyclic amines) is 1. The number of fused-ring (bicyclic) bond motifs is 1. The second-order valence-corrected chi connectivity index (χ2v) is 5.79. The number of hydrogen-bond acceptors (Lipinski definition) is 3. The Bertz CT molecular complexity index is 781. The van der Waals surface area contributed by atoms with Crippen LogP contribution in [0.2, 0.25) is 0 Å². The molecule has 4 rings (SSSR count). The molecule has 2 aromatic rings. The maximum absolute atomic E-state index is 12.5. The molecule has 2 aliphatic heterocycles. The number of carbonyl (C=O) groups excluding carboxylic acids is 1. The molecule has 0 N–H and O–H groups in total. The quantitative estimate of drug-likeness (QED) is 0.854. The highest BCUT2D eigenvalue weighted by Crippen LogP contribution is 2.26. The summed E-state index contributed by atoms with van der Waals surface area (Å²) in [5.74, 6) is 0.0995. The molecule has 0 aromatic carbocycles. The van der Waals surface area contributed by atoms with Crippen molar-refractivity contribution in [2.45, 2.75) is 25.7 Å². The predicted molar refractivity (Wildman–Crippen MR) is 85.7 cm³/mol. The second kappa shape index (κ2) is 5.40. The van der Waals surface area contributed by atoms with Gasteiger partial charge in [-0.2, -0.15) is 5.10 Å². The first-order chi connectivity index (χ1) is 10.8. The third kappa shape index (κ3) is 2.22. The average molecular weight is 294 g/mol. The van der Waals surface area contributed by atoms with Crippen LogP contribution in [0.25, 0.3) is 11.2 Å². The average Bonchev–Trinajstić information content (AvgIpc) is 3.21. The number of allylic oxidation sites excluding steroid dienone is 1. The third-order valence-corrected chi connectivity index (χ3v) is 4.34. The molecule has 0 unspecified atom stereocenters. The summed E-state index contributed by atoms with van der Waals surface area (Å²) < 4.78 is 1.83. The molecule has 1 amide bonds. The molecule has 2 aromatic heterocycles. The van der Waals surface area contributed by atoms with Crippen molar-refractivity contribution in [2.75, 3.05) is 13.1 Å². The number of rotatable bonds is 2. The van der Waals surface area contributed by atoms with Crippen LogP contribution in [0, 0.1) is 0 Å². The summed E-state index contributed by atoms with van der Waals surface area (Å²) in [6, 6.07) is 5.95. The van der Waals surface area contributed by atoms with Crippen LogP contribution in [0.4, 0.5) is 0 Å². The van der Waals surface area contributed by atoms with Crippen molar-refractivity contribution in [1.29, 1.82) is 0 Å². The van der Waals surface area contributed by atoms with Gasteiger partial charge >= 0.3 is 0 Å². The standard InChI is InChI=1S/C17H18N4O/c22-17(20-9-3-1-4-10-20)15-8-7-14(19-15)13-12-18-21-11-5-2-6-16(13)21/h2,5-7,11-12H,1,3-4,8-10H2. The van der Waals surface area contributed by atoms with E-state index in [-0.39, 0.29) is 5.91 Å². The van der Waals surface area contributed by atoms with Crippen molar-refractivity contribution >= 4 is 22.8 Å². The summed E-state index contributed by atoms with van der Waals surface area (Å²) in [4.78, 5) is 19.0. The minimum atomic E-state index is 0.0995. The van der Waals surface area contributed by atoms with Gasteiger partial charge in [-0.1, -0.05) is 12.1 Å². The van der Waals surface area contributed by atoms with E-state index in [0.29, 0.717) is 12.1 Å². The lowest BCUT2D eigenvalue weighted by atomic mass is 10.1. The minimum absolute atomic E-state index is 0.0995. The zero-order chi connectivity index (χ0) is 14.9. The van der Waals surface area contributed by atoms with Crippen LogP contribution in [0.3, 0.4) is 0 Å². The van der Waals surface area contributed by atoms with E-state index >= 15 is 0 Å². The van der Waals surface area contributed by atoms with Gasteiger partial charge in [0.2, 0.25) is 0 Å². The topological polar surface area (TPSA) is 50.0 Å². The highest BCUT2D eigenvalue weighted by atomic mass is 16.2. The Morgan fingerprint density at radius 2 is 2.00 bits per heavy atom. The summed E-state index contributed by atoms with van der Waals surface area (Å²) in [5, 5.41) is 4.33. The largest absolute Gasteiger partial charge is 0.338 e. The predicted octanol–water partition coefficient (Wildman–Crippen LogP) is 2.53. The van der Waals surface area contributed by atoms with E-state index in [9.17, 15) is 4.79 Å². The van der Waals surface area contributed by atoms with Crippen LogP contribution in [-0.4, -0.2) is 39.2 Å².